The molecule has 1 N–H and O–H groups in total. The van der Waals surface area contributed by atoms with Crippen LogP contribution >= 0.6 is 11.8 Å². The van der Waals surface area contributed by atoms with Crippen LogP contribution in [0, 0.1) is 0 Å². The van der Waals surface area contributed by atoms with Gasteiger partial charge in [0.05, 0.1) is 0 Å². The highest BCUT2D eigenvalue weighted by Gasteiger charge is 2.23. The second kappa shape index (κ2) is 4.05. The second-order valence-electron chi connectivity index (χ2n) is 3.48. The fourth-order valence-corrected chi connectivity index (χ4v) is 1.65. The van der Waals surface area contributed by atoms with E-state index in [0.717, 1.165) is 18.4 Å². The molecule has 0 aliphatic heterocycles. The van der Waals surface area contributed by atoms with E-state index in [-0.39, 0.29) is 5.91 Å². The van der Waals surface area contributed by atoms with Crippen LogP contribution in [-0.4, -0.2) is 18.2 Å². The molecule has 1 fully saturated rings. The maximum atomic E-state index is 11.6. The molecule has 0 spiro atoms. The second-order valence-corrected chi connectivity index (χ2v) is 4.36. The van der Waals surface area contributed by atoms with Gasteiger partial charge in [0.2, 0.25) is 0 Å². The summed E-state index contributed by atoms with van der Waals surface area (Å²) >= 11 is 1.68. The van der Waals surface area contributed by atoms with Gasteiger partial charge < -0.3 is 5.32 Å². The van der Waals surface area contributed by atoms with Crippen molar-refractivity contribution in [2.24, 2.45) is 0 Å². The standard InChI is InChI=1S/C11H13NOS/c1-14-10-6-2-8(3-7-10)11(13)12-9-4-5-9/h2-3,6-7,9H,4-5H2,1H3,(H,12,13). The highest BCUT2D eigenvalue weighted by atomic mass is 32.2. The summed E-state index contributed by atoms with van der Waals surface area (Å²) < 4.78 is 0. The van der Waals surface area contributed by atoms with Crippen LogP contribution in [0.5, 0.6) is 0 Å². The van der Waals surface area contributed by atoms with Gasteiger partial charge in [-0.2, -0.15) is 0 Å². The Morgan fingerprint density at radius 3 is 2.50 bits per heavy atom. The van der Waals surface area contributed by atoms with Gasteiger partial charge in [-0.25, -0.2) is 0 Å². The van der Waals surface area contributed by atoms with Crippen LogP contribution in [0.4, 0.5) is 0 Å². The van der Waals surface area contributed by atoms with Crippen molar-refractivity contribution < 1.29 is 4.79 Å². The van der Waals surface area contributed by atoms with E-state index >= 15 is 0 Å². The number of rotatable bonds is 3. The van der Waals surface area contributed by atoms with Gasteiger partial charge in [0.1, 0.15) is 0 Å². The van der Waals surface area contributed by atoms with E-state index in [2.05, 4.69) is 5.32 Å². The zero-order valence-corrected chi connectivity index (χ0v) is 8.93. The first-order valence-corrected chi connectivity index (χ1v) is 5.97. The summed E-state index contributed by atoms with van der Waals surface area (Å²) in [4.78, 5) is 12.8. The molecule has 1 aliphatic carbocycles. The fraction of sp³-hybridized carbons (Fsp3) is 0.364. The topological polar surface area (TPSA) is 29.1 Å². The predicted molar refractivity (Wildman–Crippen MR) is 58.7 cm³/mol. The first-order valence-electron chi connectivity index (χ1n) is 4.74. The Morgan fingerprint density at radius 2 is 2.00 bits per heavy atom. The molecule has 1 aromatic carbocycles. The largest absolute Gasteiger partial charge is 0.349 e. The van der Waals surface area contributed by atoms with Gasteiger partial charge in [-0.3, -0.25) is 4.79 Å². The van der Waals surface area contributed by atoms with Crippen molar-refractivity contribution in [3.8, 4) is 0 Å². The van der Waals surface area contributed by atoms with Crippen molar-refractivity contribution in [1.29, 1.82) is 0 Å². The molecular formula is C11H13NOS. The Balaban J connectivity index is 2.03. The van der Waals surface area contributed by atoms with Gasteiger partial charge in [-0.15, -0.1) is 11.8 Å². The lowest BCUT2D eigenvalue weighted by Gasteiger charge is -2.03. The van der Waals surface area contributed by atoms with E-state index < -0.39 is 0 Å². The number of thioether (sulfide) groups is 1. The van der Waals surface area contributed by atoms with Gasteiger partial charge in [-0.1, -0.05) is 0 Å². The minimum atomic E-state index is 0.0557. The van der Waals surface area contributed by atoms with Crippen LogP contribution in [0.3, 0.4) is 0 Å². The van der Waals surface area contributed by atoms with E-state index in [1.807, 2.05) is 30.5 Å². The third kappa shape index (κ3) is 2.29. The zero-order chi connectivity index (χ0) is 9.97. The molecule has 2 rings (SSSR count). The maximum Gasteiger partial charge on any atom is 0.251 e. The first kappa shape index (κ1) is 9.59. The van der Waals surface area contributed by atoms with Gasteiger partial charge in [0.15, 0.2) is 0 Å². The number of carbonyl (C=O) groups excluding carboxylic acids is 1. The first-order chi connectivity index (χ1) is 6.79. The van der Waals surface area contributed by atoms with E-state index in [4.69, 9.17) is 0 Å². The van der Waals surface area contributed by atoms with Crippen LogP contribution in [0.2, 0.25) is 0 Å². The summed E-state index contributed by atoms with van der Waals surface area (Å²) in [6, 6.07) is 8.15. The van der Waals surface area contributed by atoms with Gasteiger partial charge in [0.25, 0.3) is 5.91 Å². The van der Waals surface area contributed by atoms with Crippen molar-refractivity contribution >= 4 is 17.7 Å². The quantitative estimate of drug-likeness (QED) is 0.771. The lowest BCUT2D eigenvalue weighted by molar-refractivity contribution is 0.0951. The number of hydrogen-bond donors (Lipinski definition) is 1. The number of hydrogen-bond acceptors (Lipinski definition) is 2. The van der Waals surface area contributed by atoms with Crippen LogP contribution in [0.1, 0.15) is 23.2 Å². The van der Waals surface area contributed by atoms with Crippen molar-refractivity contribution in [3.05, 3.63) is 29.8 Å². The van der Waals surface area contributed by atoms with Gasteiger partial charge in [-0.05, 0) is 43.4 Å². The van der Waals surface area contributed by atoms with E-state index in [1.54, 1.807) is 11.8 Å². The Morgan fingerprint density at radius 1 is 1.36 bits per heavy atom. The van der Waals surface area contributed by atoms with E-state index in [1.165, 1.54) is 4.90 Å². The Labute approximate surface area is 88.1 Å². The highest BCUT2D eigenvalue weighted by Crippen LogP contribution is 2.20. The summed E-state index contributed by atoms with van der Waals surface area (Å²) in [6.45, 7) is 0. The molecule has 0 atom stereocenters. The molecule has 1 aromatic rings. The molecule has 1 aliphatic rings. The Kier molecular flexibility index (Phi) is 2.77. The molecule has 2 nitrogen and oxygen atoms in total. The molecular weight excluding hydrogens is 194 g/mol. The molecule has 1 amide bonds. The molecule has 14 heavy (non-hydrogen) atoms. The molecule has 0 bridgehead atoms. The van der Waals surface area contributed by atoms with Crippen LogP contribution in [-0.2, 0) is 0 Å². The summed E-state index contributed by atoms with van der Waals surface area (Å²) in [7, 11) is 0. The normalized spacial score (nSPS) is 15.2. The molecule has 0 heterocycles. The third-order valence-electron chi connectivity index (χ3n) is 2.26. The maximum absolute atomic E-state index is 11.6. The molecule has 74 valence electrons. The summed E-state index contributed by atoms with van der Waals surface area (Å²) in [5.41, 5.74) is 0.759. The smallest absolute Gasteiger partial charge is 0.251 e. The average molecular weight is 207 g/mol. The predicted octanol–water partition coefficient (Wildman–Crippen LogP) is 2.30. The van der Waals surface area contributed by atoms with Gasteiger partial charge >= 0.3 is 0 Å². The average Bonchev–Trinajstić information content (AvgIpc) is 3.02. The minimum absolute atomic E-state index is 0.0557. The number of benzene rings is 1. The van der Waals surface area contributed by atoms with Crippen LogP contribution < -0.4 is 5.32 Å². The SMILES string of the molecule is CSc1ccc(C(=O)NC2CC2)cc1. The molecule has 0 radical (unpaired) electrons. The minimum Gasteiger partial charge on any atom is -0.349 e. The van der Waals surface area contributed by atoms with Gasteiger partial charge in [0, 0.05) is 16.5 Å². The zero-order valence-electron chi connectivity index (χ0n) is 8.12. The fourth-order valence-electron chi connectivity index (χ4n) is 1.24. The molecule has 3 heteroatoms. The lowest BCUT2D eigenvalue weighted by Crippen LogP contribution is -2.25. The highest BCUT2D eigenvalue weighted by molar-refractivity contribution is 7.98. The van der Waals surface area contributed by atoms with Crippen LogP contribution in [0.15, 0.2) is 29.2 Å². The number of nitrogens with one attached hydrogen (secondary N) is 1. The molecule has 0 saturated heterocycles. The van der Waals surface area contributed by atoms with E-state index in [0.29, 0.717) is 6.04 Å². The van der Waals surface area contributed by atoms with Crippen molar-refractivity contribution in [1.82, 2.24) is 5.32 Å². The Bertz CT molecular complexity index is 330. The molecule has 0 unspecified atom stereocenters. The van der Waals surface area contributed by atoms with Crippen LogP contribution in [0.25, 0.3) is 0 Å². The molecule has 0 aromatic heterocycles. The number of amides is 1. The van der Waals surface area contributed by atoms with Crippen molar-refractivity contribution in [2.45, 2.75) is 23.8 Å². The van der Waals surface area contributed by atoms with Crippen molar-refractivity contribution in [3.63, 3.8) is 0 Å². The van der Waals surface area contributed by atoms with Crippen molar-refractivity contribution in [2.75, 3.05) is 6.26 Å². The number of carbonyl (C=O) groups is 1. The lowest BCUT2D eigenvalue weighted by atomic mass is 10.2. The monoisotopic (exact) mass is 207 g/mol. The third-order valence-corrected chi connectivity index (χ3v) is 3.01. The summed E-state index contributed by atoms with van der Waals surface area (Å²) in [6.07, 6.45) is 4.29. The summed E-state index contributed by atoms with van der Waals surface area (Å²) in [5, 5.41) is 2.96. The summed E-state index contributed by atoms with van der Waals surface area (Å²) in [5.74, 6) is 0.0557. The molecule has 1 saturated carbocycles. The Hall–Kier alpha value is -0.960. The van der Waals surface area contributed by atoms with E-state index in [9.17, 15) is 4.79 Å².